The largest absolute Gasteiger partial charge is 0.387 e. The molecule has 0 aliphatic heterocycles. The zero-order chi connectivity index (χ0) is 34.7. The van der Waals surface area contributed by atoms with E-state index >= 15 is 0 Å². The van der Waals surface area contributed by atoms with E-state index in [2.05, 4.69) is 67.8 Å². The van der Waals surface area contributed by atoms with Crippen molar-refractivity contribution in [1.82, 2.24) is 5.32 Å². The number of hydrogen-bond acceptors (Lipinski definition) is 4. The Morgan fingerprint density at radius 1 is 0.596 bits per heavy atom. The zero-order valence-electron chi connectivity index (χ0n) is 30.1. The first-order chi connectivity index (χ1) is 22.8. The summed E-state index contributed by atoms with van der Waals surface area (Å²) in [4.78, 5) is 12.5. The van der Waals surface area contributed by atoms with Crippen LogP contribution in [0, 0.1) is 0 Å². The fourth-order valence-corrected chi connectivity index (χ4v) is 6.11. The molecule has 2 atom stereocenters. The minimum Gasteiger partial charge on any atom is -0.387 e. The Labute approximate surface area is 290 Å². The SMILES string of the molecule is CC/C=C\C/C=C\C/C=C\C/C=C\CCCCCCCCCCC(=O)NC(CS(=O)(=O)O)C(O)/C=C/CCCCCCCCCCC. The van der Waals surface area contributed by atoms with Crippen molar-refractivity contribution in [3.8, 4) is 0 Å². The molecule has 272 valence electrons. The minimum absolute atomic E-state index is 0.283. The molecule has 1 amide bonds. The van der Waals surface area contributed by atoms with E-state index in [0.717, 1.165) is 77.0 Å². The van der Waals surface area contributed by atoms with Crippen LogP contribution in [-0.2, 0) is 14.9 Å². The Bertz CT molecular complexity index is 967. The summed E-state index contributed by atoms with van der Waals surface area (Å²) in [5, 5.41) is 13.2. The first-order valence-corrected chi connectivity index (χ1v) is 20.6. The monoisotopic (exact) mass is 678 g/mol. The van der Waals surface area contributed by atoms with Crippen molar-refractivity contribution in [3.05, 3.63) is 60.8 Å². The van der Waals surface area contributed by atoms with Crippen LogP contribution in [0.4, 0.5) is 0 Å². The molecular weight excluding hydrogens is 607 g/mol. The second-order valence-electron chi connectivity index (χ2n) is 12.8. The van der Waals surface area contributed by atoms with E-state index in [1.165, 1.54) is 70.6 Å². The lowest BCUT2D eigenvalue weighted by Gasteiger charge is -2.21. The number of amides is 1. The molecule has 3 N–H and O–H groups in total. The minimum atomic E-state index is -4.34. The first kappa shape index (κ1) is 45.0. The van der Waals surface area contributed by atoms with Crippen LogP contribution >= 0.6 is 0 Å². The lowest BCUT2D eigenvalue weighted by molar-refractivity contribution is -0.122. The zero-order valence-corrected chi connectivity index (χ0v) is 30.9. The second kappa shape index (κ2) is 33.9. The third kappa shape index (κ3) is 35.2. The Balaban J connectivity index is 3.94. The summed E-state index contributed by atoms with van der Waals surface area (Å²) in [5.41, 5.74) is 0. The number of carbonyl (C=O) groups excluding carboxylic acids is 1. The van der Waals surface area contributed by atoms with Crippen molar-refractivity contribution in [1.29, 1.82) is 0 Å². The number of allylic oxidation sites excluding steroid dienone is 9. The average molecular weight is 678 g/mol. The maximum absolute atomic E-state index is 12.5. The molecular formula is C40H71NO5S. The number of unbranched alkanes of at least 4 members (excludes halogenated alkanes) is 17. The summed E-state index contributed by atoms with van der Waals surface area (Å²) in [6.45, 7) is 4.38. The van der Waals surface area contributed by atoms with Gasteiger partial charge in [-0.3, -0.25) is 9.35 Å². The van der Waals surface area contributed by atoms with Gasteiger partial charge in [0.2, 0.25) is 5.91 Å². The van der Waals surface area contributed by atoms with Crippen LogP contribution in [0.15, 0.2) is 60.8 Å². The van der Waals surface area contributed by atoms with Gasteiger partial charge in [0, 0.05) is 6.42 Å². The van der Waals surface area contributed by atoms with Crippen LogP contribution in [0.1, 0.15) is 168 Å². The summed E-state index contributed by atoms with van der Waals surface area (Å²) in [7, 11) is -4.34. The molecule has 0 saturated carbocycles. The number of hydrogen-bond donors (Lipinski definition) is 3. The highest BCUT2D eigenvalue weighted by Crippen LogP contribution is 2.13. The third-order valence-electron chi connectivity index (χ3n) is 8.20. The molecule has 7 heteroatoms. The number of aliphatic hydroxyl groups excluding tert-OH is 1. The van der Waals surface area contributed by atoms with Crippen LogP contribution in [0.3, 0.4) is 0 Å². The van der Waals surface area contributed by atoms with E-state index < -0.39 is 28.0 Å². The first-order valence-electron chi connectivity index (χ1n) is 19.0. The van der Waals surface area contributed by atoms with Crippen molar-refractivity contribution < 1.29 is 22.9 Å². The Morgan fingerprint density at radius 3 is 1.51 bits per heavy atom. The fourth-order valence-electron chi connectivity index (χ4n) is 5.38. The summed E-state index contributed by atoms with van der Waals surface area (Å²) in [5.74, 6) is -0.995. The molecule has 0 aromatic heterocycles. The maximum atomic E-state index is 12.5. The number of rotatable bonds is 33. The van der Waals surface area contributed by atoms with Crippen LogP contribution in [0.25, 0.3) is 0 Å². The van der Waals surface area contributed by atoms with E-state index in [0.29, 0.717) is 0 Å². The summed E-state index contributed by atoms with van der Waals surface area (Å²) in [6.07, 6.45) is 46.3. The standard InChI is InChI=1S/C40H71NO5S/c1-3-5-7-9-11-13-15-16-17-18-19-20-21-22-23-24-26-28-30-32-34-36-40(43)41-38(37-47(44,45)46)39(42)35-33-31-29-27-25-14-12-10-8-6-4-2/h5,7,11,13,16-17,19-20,33,35,38-39,42H,3-4,6,8-10,12,14-15,18,21-32,34,36-37H2,1-2H3,(H,41,43)(H,44,45,46)/b7-5-,13-11-,17-16-,20-19-,35-33+. The third-order valence-corrected chi connectivity index (χ3v) is 8.98. The van der Waals surface area contributed by atoms with Crippen LogP contribution < -0.4 is 5.32 Å². The highest BCUT2D eigenvalue weighted by atomic mass is 32.2. The van der Waals surface area contributed by atoms with E-state index in [4.69, 9.17) is 0 Å². The van der Waals surface area contributed by atoms with E-state index in [9.17, 15) is 22.9 Å². The topological polar surface area (TPSA) is 104 Å². The van der Waals surface area contributed by atoms with Crippen molar-refractivity contribution in [2.45, 2.75) is 180 Å². The lowest BCUT2D eigenvalue weighted by atomic mass is 10.1. The van der Waals surface area contributed by atoms with Crippen LogP contribution in [-0.4, -0.2) is 41.9 Å². The number of nitrogens with one attached hydrogen (secondary N) is 1. The van der Waals surface area contributed by atoms with Gasteiger partial charge in [0.1, 0.15) is 0 Å². The molecule has 0 aromatic rings. The molecule has 0 aromatic carbocycles. The predicted octanol–water partition coefficient (Wildman–Crippen LogP) is 10.9. The van der Waals surface area contributed by atoms with Gasteiger partial charge in [0.05, 0.1) is 17.9 Å². The van der Waals surface area contributed by atoms with Crippen molar-refractivity contribution in [2.24, 2.45) is 0 Å². The van der Waals surface area contributed by atoms with Crippen LogP contribution in [0.2, 0.25) is 0 Å². The summed E-state index contributed by atoms with van der Waals surface area (Å²) < 4.78 is 32.3. The Morgan fingerprint density at radius 2 is 1.02 bits per heavy atom. The second-order valence-corrected chi connectivity index (χ2v) is 14.3. The highest BCUT2D eigenvalue weighted by molar-refractivity contribution is 7.85. The van der Waals surface area contributed by atoms with Gasteiger partial charge in [-0.15, -0.1) is 0 Å². The average Bonchev–Trinajstić information content (AvgIpc) is 3.03. The number of aliphatic hydroxyl groups is 1. The van der Waals surface area contributed by atoms with Crippen molar-refractivity contribution in [3.63, 3.8) is 0 Å². The normalized spacial score (nSPS) is 14.0. The van der Waals surface area contributed by atoms with Gasteiger partial charge in [-0.05, 0) is 57.8 Å². The molecule has 0 bridgehead atoms. The molecule has 0 saturated heterocycles. The van der Waals surface area contributed by atoms with E-state index in [-0.39, 0.29) is 12.3 Å². The molecule has 2 unspecified atom stereocenters. The molecule has 0 fully saturated rings. The summed E-state index contributed by atoms with van der Waals surface area (Å²) >= 11 is 0. The van der Waals surface area contributed by atoms with Gasteiger partial charge >= 0.3 is 0 Å². The molecule has 0 spiro atoms. The molecule has 0 aliphatic rings. The highest BCUT2D eigenvalue weighted by Gasteiger charge is 2.24. The van der Waals surface area contributed by atoms with E-state index in [1.807, 2.05) is 6.08 Å². The molecule has 6 nitrogen and oxygen atoms in total. The van der Waals surface area contributed by atoms with Gasteiger partial charge in [0.15, 0.2) is 0 Å². The number of carbonyl (C=O) groups is 1. The van der Waals surface area contributed by atoms with Gasteiger partial charge in [-0.2, -0.15) is 8.42 Å². The van der Waals surface area contributed by atoms with Gasteiger partial charge in [-0.25, -0.2) is 0 Å². The van der Waals surface area contributed by atoms with E-state index in [1.54, 1.807) is 6.08 Å². The molecule has 0 radical (unpaired) electrons. The molecule has 0 aliphatic carbocycles. The van der Waals surface area contributed by atoms with Gasteiger partial charge < -0.3 is 10.4 Å². The Hall–Kier alpha value is -1.96. The smallest absolute Gasteiger partial charge is 0.267 e. The molecule has 0 rings (SSSR count). The fraction of sp³-hybridized carbons (Fsp3) is 0.725. The Kier molecular flexibility index (Phi) is 32.5. The molecule has 47 heavy (non-hydrogen) atoms. The van der Waals surface area contributed by atoms with Gasteiger partial charge in [-0.1, -0.05) is 164 Å². The molecule has 0 heterocycles. The van der Waals surface area contributed by atoms with Crippen molar-refractivity contribution in [2.75, 3.05) is 5.75 Å². The van der Waals surface area contributed by atoms with Crippen molar-refractivity contribution >= 4 is 16.0 Å². The van der Waals surface area contributed by atoms with Crippen LogP contribution in [0.5, 0.6) is 0 Å². The maximum Gasteiger partial charge on any atom is 0.267 e. The predicted molar refractivity (Wildman–Crippen MR) is 202 cm³/mol. The quantitative estimate of drug-likeness (QED) is 0.0364. The lowest BCUT2D eigenvalue weighted by Crippen LogP contribution is -2.46. The summed E-state index contributed by atoms with van der Waals surface area (Å²) in [6, 6.07) is -1.06. The van der Waals surface area contributed by atoms with Gasteiger partial charge in [0.25, 0.3) is 10.1 Å².